The number of methoxy groups -OCH3 is 2. The minimum absolute atomic E-state index is 0.105. The Morgan fingerprint density at radius 1 is 0.964 bits per heavy atom. The fourth-order valence-corrected chi connectivity index (χ4v) is 2.56. The highest BCUT2D eigenvalue weighted by Crippen LogP contribution is 2.23. The predicted molar refractivity (Wildman–Crippen MR) is 104 cm³/mol. The molecule has 0 heterocycles. The topological polar surface area (TPSA) is 90.9 Å². The monoisotopic (exact) mass is 385 g/mol. The van der Waals surface area contributed by atoms with Gasteiger partial charge in [0.15, 0.2) is 12.4 Å². The van der Waals surface area contributed by atoms with Crippen molar-refractivity contribution < 1.29 is 28.6 Å². The van der Waals surface area contributed by atoms with Gasteiger partial charge in [0.05, 0.1) is 19.9 Å². The summed E-state index contributed by atoms with van der Waals surface area (Å²) < 4.78 is 15.4. The van der Waals surface area contributed by atoms with Crippen LogP contribution in [0.15, 0.2) is 42.5 Å². The van der Waals surface area contributed by atoms with Crippen molar-refractivity contribution in [2.24, 2.45) is 0 Å². The molecule has 0 atom stereocenters. The molecule has 1 N–H and O–H groups in total. The molecule has 148 valence electrons. The van der Waals surface area contributed by atoms with Crippen LogP contribution in [0.2, 0.25) is 0 Å². The number of amides is 1. The summed E-state index contributed by atoms with van der Waals surface area (Å²) in [4.78, 5) is 35.5. The van der Waals surface area contributed by atoms with Crippen molar-refractivity contribution in [1.29, 1.82) is 0 Å². The summed E-state index contributed by atoms with van der Waals surface area (Å²) in [5, 5.41) is 2.58. The molecule has 0 saturated heterocycles. The zero-order chi connectivity index (χ0) is 20.5. The van der Waals surface area contributed by atoms with Crippen LogP contribution in [0.5, 0.6) is 11.5 Å². The first-order valence-electron chi connectivity index (χ1n) is 8.70. The number of hydrogen-bond donors (Lipinski definition) is 1. The van der Waals surface area contributed by atoms with Crippen LogP contribution in [-0.4, -0.2) is 38.5 Å². The summed E-state index contributed by atoms with van der Waals surface area (Å²) in [6.07, 6.45) is 0.523. The summed E-state index contributed by atoms with van der Waals surface area (Å²) in [5.41, 5.74) is 1.64. The van der Waals surface area contributed by atoms with Gasteiger partial charge in [0.1, 0.15) is 11.5 Å². The zero-order valence-electron chi connectivity index (χ0n) is 16.1. The van der Waals surface area contributed by atoms with Gasteiger partial charge >= 0.3 is 5.97 Å². The standard InChI is InChI=1S/C21H23NO6/c1-14(23)18-6-4-5-7-19(18)22-20(24)13-28-21(25)9-8-15-10-16(26-2)12-17(11-15)27-3/h4-7,10-12H,8-9,13H2,1-3H3,(H,22,24). The van der Waals surface area contributed by atoms with Gasteiger partial charge in [-0.3, -0.25) is 14.4 Å². The molecule has 0 radical (unpaired) electrons. The molecule has 0 bridgehead atoms. The largest absolute Gasteiger partial charge is 0.497 e. The van der Waals surface area contributed by atoms with Crippen LogP contribution in [0.25, 0.3) is 0 Å². The van der Waals surface area contributed by atoms with Gasteiger partial charge < -0.3 is 19.5 Å². The van der Waals surface area contributed by atoms with Crippen LogP contribution in [0.3, 0.4) is 0 Å². The minimum Gasteiger partial charge on any atom is -0.497 e. The average molecular weight is 385 g/mol. The van der Waals surface area contributed by atoms with E-state index in [1.807, 2.05) is 0 Å². The number of anilines is 1. The second-order valence-corrected chi connectivity index (χ2v) is 6.03. The van der Waals surface area contributed by atoms with Gasteiger partial charge in [-0.1, -0.05) is 12.1 Å². The Bertz CT molecular complexity index is 839. The SMILES string of the molecule is COc1cc(CCC(=O)OCC(=O)Nc2ccccc2C(C)=O)cc(OC)c1. The van der Waals surface area contributed by atoms with Gasteiger partial charge in [0.25, 0.3) is 5.91 Å². The Balaban J connectivity index is 1.84. The minimum atomic E-state index is -0.509. The highest BCUT2D eigenvalue weighted by atomic mass is 16.5. The first kappa shape index (κ1) is 21.0. The second kappa shape index (κ2) is 10.1. The molecule has 1 amide bonds. The van der Waals surface area contributed by atoms with E-state index in [2.05, 4.69) is 5.32 Å². The van der Waals surface area contributed by atoms with Gasteiger partial charge in [0.2, 0.25) is 0 Å². The molecule has 0 spiro atoms. The summed E-state index contributed by atoms with van der Waals surface area (Å²) in [6.45, 7) is 0.991. The molecule has 0 aliphatic heterocycles. The van der Waals surface area contributed by atoms with Gasteiger partial charge in [0, 0.05) is 18.1 Å². The van der Waals surface area contributed by atoms with Gasteiger partial charge in [-0.25, -0.2) is 0 Å². The highest BCUT2D eigenvalue weighted by molar-refractivity contribution is 6.04. The number of carbonyl (C=O) groups is 3. The number of benzene rings is 2. The van der Waals surface area contributed by atoms with Gasteiger partial charge in [-0.05, 0) is 43.2 Å². The number of ether oxygens (including phenoxy) is 3. The van der Waals surface area contributed by atoms with Crippen molar-refractivity contribution in [2.45, 2.75) is 19.8 Å². The number of hydrogen-bond acceptors (Lipinski definition) is 6. The normalized spacial score (nSPS) is 10.1. The Kier molecular flexibility index (Phi) is 7.56. The number of rotatable bonds is 9. The lowest BCUT2D eigenvalue weighted by Gasteiger charge is -2.10. The highest BCUT2D eigenvalue weighted by Gasteiger charge is 2.12. The third-order valence-electron chi connectivity index (χ3n) is 3.97. The van der Waals surface area contributed by atoms with Crippen LogP contribution in [-0.2, 0) is 20.7 Å². The molecule has 2 aromatic rings. The van der Waals surface area contributed by atoms with Crippen LogP contribution in [0.4, 0.5) is 5.69 Å². The van der Waals surface area contributed by atoms with E-state index in [0.717, 1.165) is 5.56 Å². The van der Waals surface area contributed by atoms with Crippen molar-refractivity contribution >= 4 is 23.3 Å². The maximum Gasteiger partial charge on any atom is 0.306 e. The molecule has 0 fully saturated rings. The van der Waals surface area contributed by atoms with Gasteiger partial charge in [-0.15, -0.1) is 0 Å². The molecule has 7 nitrogen and oxygen atoms in total. The second-order valence-electron chi connectivity index (χ2n) is 6.03. The smallest absolute Gasteiger partial charge is 0.306 e. The van der Waals surface area contributed by atoms with E-state index in [4.69, 9.17) is 14.2 Å². The number of ketones is 1. The van der Waals surface area contributed by atoms with Crippen molar-refractivity contribution in [1.82, 2.24) is 0 Å². The average Bonchev–Trinajstić information content (AvgIpc) is 2.70. The van der Waals surface area contributed by atoms with Gasteiger partial charge in [-0.2, -0.15) is 0 Å². The molecule has 0 aliphatic rings. The van der Waals surface area contributed by atoms with E-state index in [9.17, 15) is 14.4 Å². The third kappa shape index (κ3) is 6.12. The van der Waals surface area contributed by atoms with Crippen LogP contribution < -0.4 is 14.8 Å². The summed E-state index contributed by atoms with van der Waals surface area (Å²) in [6, 6.07) is 12.0. The molecule has 28 heavy (non-hydrogen) atoms. The molecular formula is C21H23NO6. The van der Waals surface area contributed by atoms with E-state index in [1.54, 1.807) is 56.7 Å². The third-order valence-corrected chi connectivity index (χ3v) is 3.97. The summed E-state index contributed by atoms with van der Waals surface area (Å²) in [5.74, 6) is 0.0842. The lowest BCUT2D eigenvalue weighted by atomic mass is 10.1. The molecule has 0 aliphatic carbocycles. The lowest BCUT2D eigenvalue weighted by Crippen LogP contribution is -2.22. The number of para-hydroxylation sites is 1. The van der Waals surface area contributed by atoms with E-state index in [-0.39, 0.29) is 12.2 Å². The van der Waals surface area contributed by atoms with E-state index in [1.165, 1.54) is 6.92 Å². The fourth-order valence-electron chi connectivity index (χ4n) is 2.56. The number of Topliss-reactive ketones (excluding diaryl/α,β-unsaturated/α-hetero) is 1. The van der Waals surface area contributed by atoms with E-state index in [0.29, 0.717) is 29.2 Å². The van der Waals surface area contributed by atoms with Crippen molar-refractivity contribution in [2.75, 3.05) is 26.1 Å². The zero-order valence-corrected chi connectivity index (χ0v) is 16.1. The Morgan fingerprint density at radius 3 is 2.21 bits per heavy atom. The molecular weight excluding hydrogens is 362 g/mol. The molecule has 2 rings (SSSR count). The Morgan fingerprint density at radius 2 is 1.61 bits per heavy atom. The summed E-state index contributed by atoms with van der Waals surface area (Å²) in [7, 11) is 3.10. The van der Waals surface area contributed by atoms with Crippen molar-refractivity contribution in [3.8, 4) is 11.5 Å². The molecule has 2 aromatic carbocycles. The maximum atomic E-state index is 12.0. The number of carbonyl (C=O) groups excluding carboxylic acids is 3. The molecule has 7 heteroatoms. The molecule has 0 unspecified atom stereocenters. The van der Waals surface area contributed by atoms with Crippen LogP contribution in [0, 0.1) is 0 Å². The Hall–Kier alpha value is -3.35. The first-order valence-corrected chi connectivity index (χ1v) is 8.70. The summed E-state index contributed by atoms with van der Waals surface area (Å²) >= 11 is 0. The fraction of sp³-hybridized carbons (Fsp3) is 0.286. The van der Waals surface area contributed by atoms with Crippen LogP contribution >= 0.6 is 0 Å². The van der Waals surface area contributed by atoms with E-state index < -0.39 is 18.5 Å². The maximum absolute atomic E-state index is 12.0. The lowest BCUT2D eigenvalue weighted by molar-refractivity contribution is -0.147. The number of esters is 1. The quantitative estimate of drug-likeness (QED) is 0.527. The van der Waals surface area contributed by atoms with Crippen molar-refractivity contribution in [3.63, 3.8) is 0 Å². The predicted octanol–water partition coefficient (Wildman–Crippen LogP) is 3.02. The number of aryl methyl sites for hydroxylation is 1. The first-order chi connectivity index (χ1) is 13.4. The molecule has 0 saturated carbocycles. The van der Waals surface area contributed by atoms with Crippen molar-refractivity contribution in [3.05, 3.63) is 53.6 Å². The van der Waals surface area contributed by atoms with Crippen LogP contribution in [0.1, 0.15) is 29.3 Å². The Labute approximate surface area is 163 Å². The number of nitrogens with one attached hydrogen (secondary N) is 1. The molecule has 0 aromatic heterocycles. The van der Waals surface area contributed by atoms with E-state index >= 15 is 0 Å².